The van der Waals surface area contributed by atoms with Crippen molar-refractivity contribution >= 4 is 87.6 Å². The lowest BCUT2D eigenvalue weighted by molar-refractivity contribution is 0.670. The molecule has 2 atom stereocenters. The summed E-state index contributed by atoms with van der Waals surface area (Å²) in [6.07, 6.45) is 0. The van der Waals surface area contributed by atoms with Crippen molar-refractivity contribution in [3.05, 3.63) is 574 Å². The van der Waals surface area contributed by atoms with E-state index in [0.29, 0.717) is 0 Å². The number of benzene rings is 21. The second-order valence-electron chi connectivity index (χ2n) is 36.9. The van der Waals surface area contributed by atoms with Crippen molar-refractivity contribution in [1.82, 2.24) is 0 Å². The first-order valence-corrected chi connectivity index (χ1v) is 47.5. The third-order valence-electron chi connectivity index (χ3n) is 30.9. The lowest BCUT2D eigenvalue weighted by Gasteiger charge is -2.34. The Labute approximate surface area is 781 Å². The normalized spacial score (nSPS) is 15.6. The van der Waals surface area contributed by atoms with Gasteiger partial charge in [0.1, 0.15) is 11.2 Å². The molecule has 0 saturated carbocycles. The maximum Gasteiger partial charge on any atom is 0.143 e. The fourth-order valence-corrected chi connectivity index (χ4v) is 26.8. The van der Waals surface area contributed by atoms with Crippen LogP contribution in [0.2, 0.25) is 0 Å². The highest BCUT2D eigenvalue weighted by atomic mass is 32.1. The molecule has 2 aromatic heterocycles. The molecule has 0 aliphatic heterocycles. The van der Waals surface area contributed by atoms with Crippen LogP contribution in [0.4, 0.5) is 34.1 Å². The fourth-order valence-electron chi connectivity index (χ4n) is 25.7. The van der Waals surface area contributed by atoms with E-state index in [1.165, 1.54) is 182 Å². The second kappa shape index (κ2) is 28.4. The van der Waals surface area contributed by atoms with Crippen LogP contribution in [0, 0.1) is 0 Å². The van der Waals surface area contributed by atoms with E-state index < -0.39 is 21.7 Å². The summed E-state index contributed by atoms with van der Waals surface area (Å²) in [4.78, 5) is 5.13. The highest BCUT2D eigenvalue weighted by Gasteiger charge is 2.56. The Morgan fingerprint density at radius 1 is 0.179 bits per heavy atom. The van der Waals surface area contributed by atoms with Gasteiger partial charge in [-0.15, -0.1) is 11.3 Å². The summed E-state index contributed by atoms with van der Waals surface area (Å²) in [6, 6.07) is 184. The van der Waals surface area contributed by atoms with E-state index in [0.717, 1.165) is 72.8 Å². The molecule has 4 heteroatoms. The molecule has 2 unspecified atom stereocenters. The van der Waals surface area contributed by atoms with Crippen LogP contribution in [-0.4, -0.2) is 0 Å². The van der Waals surface area contributed by atoms with Gasteiger partial charge in [-0.3, -0.25) is 0 Å². The molecule has 6 aliphatic carbocycles. The number of para-hydroxylation sites is 2. The van der Waals surface area contributed by atoms with Gasteiger partial charge in [-0.2, -0.15) is 0 Å². The number of furan rings is 1. The summed E-state index contributed by atoms with van der Waals surface area (Å²) < 4.78 is 9.29. The first-order chi connectivity index (χ1) is 66.5. The second-order valence-corrected chi connectivity index (χ2v) is 38.0. The number of nitrogens with zero attached hydrogens (tertiary/aromatic N) is 2. The summed E-state index contributed by atoms with van der Waals surface area (Å²) in [5.41, 5.74) is 45.6. The van der Waals surface area contributed by atoms with E-state index in [9.17, 15) is 0 Å². The number of fused-ring (bicyclic) bond motifs is 32. The molecule has 3 nitrogen and oxygen atoms in total. The largest absolute Gasteiger partial charge is 0.455 e. The fraction of sp³-hybridized carbons (Fsp3) is 0.0308. The average Bonchev–Trinajstić information content (AvgIpc) is 1.50. The molecule has 0 saturated heterocycles. The minimum atomic E-state index is -0.703. The van der Waals surface area contributed by atoms with Gasteiger partial charge in [0, 0.05) is 70.4 Å². The Hall–Kier alpha value is -16.8. The van der Waals surface area contributed by atoms with Gasteiger partial charge in [0.25, 0.3) is 0 Å². The Morgan fingerprint density at radius 2 is 0.507 bits per heavy atom. The molecule has 622 valence electrons. The zero-order valence-corrected chi connectivity index (χ0v) is 73.7. The molecule has 2 spiro atoms. The predicted octanol–water partition coefficient (Wildman–Crippen LogP) is 33.6. The van der Waals surface area contributed by atoms with Crippen molar-refractivity contribution < 1.29 is 4.42 Å². The quantitative estimate of drug-likeness (QED) is 0.122. The lowest BCUT2D eigenvalue weighted by Crippen LogP contribution is -2.28. The number of thiophene rings is 1. The zero-order chi connectivity index (χ0) is 87.7. The predicted molar refractivity (Wildman–Crippen MR) is 554 cm³/mol. The molecular weight excluding hydrogens is 1640 g/mol. The number of hydrogen-bond donors (Lipinski definition) is 0. The highest BCUT2D eigenvalue weighted by molar-refractivity contribution is 7.25. The summed E-state index contributed by atoms with van der Waals surface area (Å²) in [6.45, 7) is 0. The summed E-state index contributed by atoms with van der Waals surface area (Å²) in [5, 5.41) is 4.76. The van der Waals surface area contributed by atoms with E-state index >= 15 is 0 Å². The van der Waals surface area contributed by atoms with E-state index in [1.807, 2.05) is 11.3 Å². The molecule has 0 radical (unpaired) electrons. The van der Waals surface area contributed by atoms with Crippen molar-refractivity contribution in [2.45, 2.75) is 21.7 Å². The molecule has 29 rings (SSSR count). The molecule has 23 aromatic rings. The van der Waals surface area contributed by atoms with E-state index in [2.05, 4.69) is 495 Å². The van der Waals surface area contributed by atoms with Crippen LogP contribution in [-0.2, 0) is 21.7 Å². The standard InChI is InChI=1S/C130H80N2OS/c1-4-31-84(32-5-1)127(85-33-6-2-7-34-85)107-48-19-12-40-96(107)105-79-90(71-75-114(105)127)132(91-72-76-123-106(80-91)99-43-18-27-60-122(99)134-123)120-58-30-56-118-125(120)102-45-16-25-54-113(102)130(118)111-52-23-14-39-95(111)103-77-83(65-73-116(103)130)81-61-66-87(67-62-81)128(86-35-8-3-9-36-86)108-49-20-13-41-97(108)104-78-89(70-74-115(104)128)131(88-68-63-82(64-69-88)92-46-28-47-100-98-42-17-26-59-121(98)133-126(92)100)119-57-29-55-117-124(119)101-44-15-24-53-112(101)129(117)109-50-21-10-37-93(109)94-38-11-22-51-110(94)129/h1-80H. The van der Waals surface area contributed by atoms with Gasteiger partial charge in [0.2, 0.25) is 0 Å². The van der Waals surface area contributed by atoms with E-state index in [1.54, 1.807) is 0 Å². The van der Waals surface area contributed by atoms with Gasteiger partial charge in [0.15, 0.2) is 0 Å². The van der Waals surface area contributed by atoms with Gasteiger partial charge in [-0.05, 0) is 246 Å². The Kier molecular flexibility index (Phi) is 15.9. The van der Waals surface area contributed by atoms with E-state index in [-0.39, 0.29) is 0 Å². The monoisotopic (exact) mass is 1720 g/mol. The Balaban J connectivity index is 0.576. The van der Waals surface area contributed by atoms with Gasteiger partial charge < -0.3 is 14.2 Å². The first-order valence-electron chi connectivity index (χ1n) is 46.7. The Bertz CT molecular complexity index is 8820. The molecule has 6 aliphatic rings. The highest BCUT2D eigenvalue weighted by Crippen LogP contribution is 2.69. The summed E-state index contributed by atoms with van der Waals surface area (Å²) in [7, 11) is 0. The van der Waals surface area contributed by atoms with Gasteiger partial charge in [0.05, 0.1) is 33.0 Å². The first kappa shape index (κ1) is 75.1. The van der Waals surface area contributed by atoms with Crippen LogP contribution in [0.15, 0.2) is 490 Å². The van der Waals surface area contributed by atoms with Crippen molar-refractivity contribution in [3.63, 3.8) is 0 Å². The molecular formula is C130H80N2OS. The van der Waals surface area contributed by atoms with Crippen molar-refractivity contribution in [2.24, 2.45) is 0 Å². The molecule has 0 N–H and O–H groups in total. The van der Waals surface area contributed by atoms with Crippen LogP contribution in [0.5, 0.6) is 0 Å². The third kappa shape index (κ3) is 9.98. The topological polar surface area (TPSA) is 19.6 Å². The van der Waals surface area contributed by atoms with Crippen LogP contribution in [0.25, 0.3) is 131 Å². The summed E-state index contributed by atoms with van der Waals surface area (Å²) in [5.74, 6) is 0. The maximum atomic E-state index is 6.73. The molecule has 0 amide bonds. The SMILES string of the molecule is c1ccc(C2(c3ccc(-c4ccc5c(c4)-c4ccccc4C54c5ccccc5-c5c(N(c6ccc7c(c6)-c6ccccc6C7(c6ccccc6)c6ccccc6)c6ccc7sc8ccccc8c7c6)cccc54)cc3)c3ccccc3-c3cc(N(c4ccc(-c5cccc6c5oc5ccccc56)cc4)c4cccc5c4-c4ccccc4C54c5ccccc5-c5ccccc54)ccc32)cc1. The van der Waals surface area contributed by atoms with E-state index in [4.69, 9.17) is 4.42 Å². The third-order valence-corrected chi connectivity index (χ3v) is 32.0. The van der Waals surface area contributed by atoms with Crippen LogP contribution < -0.4 is 9.80 Å². The van der Waals surface area contributed by atoms with Crippen LogP contribution in [0.1, 0.15) is 89.0 Å². The summed E-state index contributed by atoms with van der Waals surface area (Å²) >= 11 is 1.87. The van der Waals surface area contributed by atoms with Gasteiger partial charge in [-0.1, -0.05) is 400 Å². The smallest absolute Gasteiger partial charge is 0.143 e. The minimum absolute atomic E-state index is 0.543. The van der Waals surface area contributed by atoms with Crippen molar-refractivity contribution in [2.75, 3.05) is 9.80 Å². The van der Waals surface area contributed by atoms with Crippen LogP contribution in [0.3, 0.4) is 0 Å². The number of rotatable bonds is 12. The Morgan fingerprint density at radius 3 is 1.03 bits per heavy atom. The number of hydrogen-bond acceptors (Lipinski definition) is 4. The van der Waals surface area contributed by atoms with Crippen molar-refractivity contribution in [3.8, 4) is 89.0 Å². The minimum Gasteiger partial charge on any atom is -0.455 e. The molecule has 0 fully saturated rings. The molecule has 2 heterocycles. The van der Waals surface area contributed by atoms with Crippen LogP contribution >= 0.6 is 11.3 Å². The maximum absolute atomic E-state index is 6.73. The lowest BCUT2D eigenvalue weighted by atomic mass is 9.67. The van der Waals surface area contributed by atoms with Gasteiger partial charge >= 0.3 is 0 Å². The molecule has 0 bridgehead atoms. The van der Waals surface area contributed by atoms with Crippen molar-refractivity contribution in [1.29, 1.82) is 0 Å². The number of anilines is 6. The zero-order valence-electron chi connectivity index (χ0n) is 72.9. The molecule has 134 heavy (non-hydrogen) atoms. The molecule has 21 aromatic carbocycles. The van der Waals surface area contributed by atoms with Gasteiger partial charge in [-0.25, -0.2) is 0 Å². The average molecular weight is 1720 g/mol.